The lowest BCUT2D eigenvalue weighted by Crippen LogP contribution is -2.52. The Morgan fingerprint density at radius 1 is 1.27 bits per heavy atom. The van der Waals surface area contributed by atoms with Crippen molar-refractivity contribution < 1.29 is 18.8 Å². The first kappa shape index (κ1) is 31.3. The zero-order chi connectivity index (χ0) is 27.4. The number of hydrogen-bond acceptors (Lipinski definition) is 6. The highest BCUT2D eigenvalue weighted by Gasteiger charge is 2.31. The molecule has 0 aliphatic carbocycles. The van der Waals surface area contributed by atoms with Gasteiger partial charge in [-0.2, -0.15) is 10.5 Å². The number of thiol groups is 1. The highest BCUT2D eigenvalue weighted by molar-refractivity contribution is 7.74. The second-order valence-electron chi connectivity index (χ2n) is 9.01. The summed E-state index contributed by atoms with van der Waals surface area (Å²) in [4.78, 5) is 0. The van der Waals surface area contributed by atoms with Crippen LogP contribution in [0.25, 0.3) is 6.08 Å². The first-order valence-electron chi connectivity index (χ1n) is 12.5. The van der Waals surface area contributed by atoms with E-state index in [-0.39, 0.29) is 6.10 Å². The van der Waals surface area contributed by atoms with Gasteiger partial charge in [-0.05, 0) is 61.2 Å². The molecule has 1 atom stereocenters. The first-order chi connectivity index (χ1) is 17.6. The number of hydroxylamine groups is 1. The van der Waals surface area contributed by atoms with E-state index in [2.05, 4.69) is 50.9 Å². The van der Waals surface area contributed by atoms with Crippen LogP contribution in [-0.2, 0) is 6.42 Å². The molecule has 0 bridgehead atoms. The van der Waals surface area contributed by atoms with E-state index in [4.69, 9.17) is 37.9 Å². The van der Waals surface area contributed by atoms with Gasteiger partial charge >= 0.3 is 0 Å². The van der Waals surface area contributed by atoms with E-state index in [1.54, 1.807) is 7.05 Å². The molecule has 1 aliphatic rings. The third-order valence-electron chi connectivity index (χ3n) is 5.94. The molecule has 0 spiro atoms. The van der Waals surface area contributed by atoms with Crippen LogP contribution in [0, 0.1) is 18.3 Å². The lowest BCUT2D eigenvalue weighted by molar-refractivity contribution is -1.07. The third kappa shape index (κ3) is 10.0. The minimum absolute atomic E-state index is 0.197. The number of rotatable bonds is 9. The van der Waals surface area contributed by atoms with Crippen molar-refractivity contribution in [3.63, 3.8) is 0 Å². The Hall–Kier alpha value is -1.92. The summed E-state index contributed by atoms with van der Waals surface area (Å²) >= 11 is 15.7. The second-order valence-corrected chi connectivity index (χ2v) is 10.6. The van der Waals surface area contributed by atoms with Crippen LogP contribution in [0.1, 0.15) is 55.4 Å². The number of quaternary nitrogens is 1. The van der Waals surface area contributed by atoms with Gasteiger partial charge in [-0.15, -0.1) is 16.6 Å². The zero-order valence-corrected chi connectivity index (χ0v) is 24.5. The maximum atomic E-state index is 9.82. The lowest BCUT2D eigenvalue weighted by Gasteiger charge is -2.36. The SMILES string of the molecule is C/C=C\c1cc(OC2CCN([N+](C)(O)S)CC2)ccc1C.CCCc1cc(Cl)c(OCCCl)c(C#N)c1. The maximum Gasteiger partial charge on any atom is 0.155 e. The predicted octanol–water partition coefficient (Wildman–Crippen LogP) is 7.25. The zero-order valence-electron chi connectivity index (χ0n) is 22.1. The number of nitrogens with zero attached hydrogens (tertiary/aromatic N) is 3. The number of alkyl halides is 1. The molecule has 1 unspecified atom stereocenters. The highest BCUT2D eigenvalue weighted by atomic mass is 35.5. The van der Waals surface area contributed by atoms with E-state index < -0.39 is 4.16 Å². The van der Waals surface area contributed by atoms with E-state index in [1.165, 1.54) is 11.1 Å². The van der Waals surface area contributed by atoms with Gasteiger partial charge in [0.25, 0.3) is 0 Å². The highest BCUT2D eigenvalue weighted by Crippen LogP contribution is 2.30. The van der Waals surface area contributed by atoms with Gasteiger partial charge in [-0.3, -0.25) is 0 Å². The van der Waals surface area contributed by atoms with Crippen LogP contribution in [0.15, 0.2) is 36.4 Å². The molecule has 6 nitrogen and oxygen atoms in total. The average Bonchev–Trinajstić information content (AvgIpc) is 2.86. The fourth-order valence-corrected chi connectivity index (χ4v) is 4.59. The first-order valence-corrected chi connectivity index (χ1v) is 13.8. The fourth-order valence-electron chi connectivity index (χ4n) is 4.04. The maximum absolute atomic E-state index is 9.82. The van der Waals surface area contributed by atoms with E-state index in [1.807, 2.05) is 36.2 Å². The topological polar surface area (TPSA) is 65.7 Å². The molecular formula is C28H38Cl2N3O3S+. The predicted molar refractivity (Wildman–Crippen MR) is 154 cm³/mol. The number of hydrogen-bond donors (Lipinski definition) is 2. The second kappa shape index (κ2) is 15.5. The number of allylic oxidation sites excluding steroid dienone is 1. The molecule has 2 aromatic rings. The van der Waals surface area contributed by atoms with E-state index in [0.717, 1.165) is 50.1 Å². The molecule has 1 aliphatic heterocycles. The van der Waals surface area contributed by atoms with Crippen LogP contribution in [0.4, 0.5) is 0 Å². The number of aryl methyl sites for hydroxylation is 2. The molecule has 0 saturated carbocycles. The summed E-state index contributed by atoms with van der Waals surface area (Å²) in [5.74, 6) is 1.72. The molecule has 0 aromatic heterocycles. The normalized spacial score (nSPS) is 16.0. The number of nitriles is 1. The van der Waals surface area contributed by atoms with Crippen LogP contribution in [-0.4, -0.2) is 53.1 Å². The number of piperidine rings is 1. The van der Waals surface area contributed by atoms with Crippen LogP contribution < -0.4 is 9.47 Å². The van der Waals surface area contributed by atoms with Crippen molar-refractivity contribution in [2.75, 3.05) is 32.6 Å². The summed E-state index contributed by atoms with van der Waals surface area (Å²) in [6.45, 7) is 8.10. The van der Waals surface area contributed by atoms with Crippen molar-refractivity contribution in [1.29, 1.82) is 5.26 Å². The Morgan fingerprint density at radius 2 is 1.97 bits per heavy atom. The smallest absolute Gasteiger partial charge is 0.155 e. The Kier molecular flexibility index (Phi) is 13.1. The van der Waals surface area contributed by atoms with Crippen molar-refractivity contribution in [1.82, 2.24) is 5.01 Å². The molecule has 1 heterocycles. The van der Waals surface area contributed by atoms with Crippen molar-refractivity contribution in [2.24, 2.45) is 0 Å². The molecule has 1 N–H and O–H groups in total. The number of benzene rings is 2. The minimum atomic E-state index is -0.400. The summed E-state index contributed by atoms with van der Waals surface area (Å²) in [5.41, 5.74) is 3.98. The quantitative estimate of drug-likeness (QED) is 0.145. The van der Waals surface area contributed by atoms with Crippen LogP contribution in [0.3, 0.4) is 0 Å². The van der Waals surface area contributed by atoms with Crippen molar-refractivity contribution in [3.8, 4) is 17.6 Å². The third-order valence-corrected chi connectivity index (χ3v) is 6.63. The Morgan fingerprint density at radius 3 is 2.54 bits per heavy atom. The van der Waals surface area contributed by atoms with E-state index in [0.29, 0.717) is 28.8 Å². The molecular weight excluding hydrogens is 529 g/mol. The van der Waals surface area contributed by atoms with Gasteiger partial charge in [-0.25, -0.2) is 0 Å². The molecule has 37 heavy (non-hydrogen) atoms. The van der Waals surface area contributed by atoms with Gasteiger partial charge in [-0.1, -0.05) is 47.3 Å². The van der Waals surface area contributed by atoms with Crippen LogP contribution in [0.2, 0.25) is 5.02 Å². The minimum Gasteiger partial charge on any atom is -0.490 e. The van der Waals surface area contributed by atoms with Gasteiger partial charge in [0.05, 0.1) is 29.6 Å². The van der Waals surface area contributed by atoms with Gasteiger partial charge in [0, 0.05) is 12.8 Å². The summed E-state index contributed by atoms with van der Waals surface area (Å²) in [7, 11) is 1.65. The molecule has 0 radical (unpaired) electrons. The molecule has 9 heteroatoms. The molecule has 3 rings (SSSR count). The van der Waals surface area contributed by atoms with Gasteiger partial charge in [0.2, 0.25) is 0 Å². The van der Waals surface area contributed by atoms with Crippen molar-refractivity contribution in [3.05, 3.63) is 63.7 Å². The summed E-state index contributed by atoms with van der Waals surface area (Å²) < 4.78 is 11.0. The number of ether oxygens (including phenoxy) is 2. The average molecular weight is 568 g/mol. The standard InChI is InChI=1S/C16H25N2O2S.C12H13Cl2NO/c1-4-5-14-12-16(7-6-13(14)2)20-15-8-10-17(11-9-15)18(3,19)21;1-2-3-9-6-10(8-15)12(11(14)7-9)16-5-4-13/h4-7,12,15,19,21H,8-11H2,1-3H3;6-7H,2-5H2,1H3/q+1;/b5-4-;. The number of halogens is 2. The summed E-state index contributed by atoms with van der Waals surface area (Å²) in [6.07, 6.45) is 8.04. The fraction of sp³-hybridized carbons (Fsp3) is 0.464. The molecule has 2 aromatic carbocycles. The summed E-state index contributed by atoms with van der Waals surface area (Å²) in [6, 6.07) is 12.0. The van der Waals surface area contributed by atoms with Gasteiger partial charge in [0.15, 0.2) is 5.75 Å². The largest absolute Gasteiger partial charge is 0.490 e. The molecule has 1 saturated heterocycles. The Balaban J connectivity index is 0.000000271. The van der Waals surface area contributed by atoms with Gasteiger partial charge < -0.3 is 9.47 Å². The summed E-state index contributed by atoms with van der Waals surface area (Å²) in [5, 5.41) is 21.2. The van der Waals surface area contributed by atoms with Crippen molar-refractivity contribution >= 4 is 42.1 Å². The van der Waals surface area contributed by atoms with E-state index in [9.17, 15) is 5.21 Å². The van der Waals surface area contributed by atoms with Crippen LogP contribution in [0.5, 0.6) is 11.5 Å². The molecule has 202 valence electrons. The monoisotopic (exact) mass is 566 g/mol. The van der Waals surface area contributed by atoms with Crippen LogP contribution >= 0.6 is 36.0 Å². The van der Waals surface area contributed by atoms with Crippen molar-refractivity contribution in [2.45, 2.75) is 52.6 Å². The molecule has 0 amide bonds. The Bertz CT molecular complexity index is 1080. The van der Waals surface area contributed by atoms with E-state index >= 15 is 0 Å². The van der Waals surface area contributed by atoms with Gasteiger partial charge in [0.1, 0.15) is 44.4 Å². The molecule has 1 fully saturated rings. The lowest BCUT2D eigenvalue weighted by atomic mass is 10.1. The Labute approximate surface area is 237 Å².